The zero-order valence-corrected chi connectivity index (χ0v) is 31.8. The van der Waals surface area contributed by atoms with Gasteiger partial charge in [-0.2, -0.15) is 0 Å². The number of ether oxygens (including phenoxy) is 3. The van der Waals surface area contributed by atoms with Gasteiger partial charge < -0.3 is 30.2 Å². The third-order valence-electron chi connectivity index (χ3n) is 9.98. The molecule has 3 heterocycles. The van der Waals surface area contributed by atoms with Crippen LogP contribution in [0.4, 0.5) is 0 Å². The average Bonchev–Trinajstić information content (AvgIpc) is 3.14. The average molecular weight is 670 g/mol. The minimum absolute atomic E-state index is 0.0974. The molecule has 0 bridgehead atoms. The number of nitrogens with one attached hydrogen (secondary N) is 3. The summed E-state index contributed by atoms with van der Waals surface area (Å²) < 4.78 is 18.3. The van der Waals surface area contributed by atoms with Crippen molar-refractivity contribution in [2.75, 3.05) is 0 Å². The molecule has 3 saturated heterocycles. The highest BCUT2D eigenvalue weighted by molar-refractivity contribution is 6.00. The molecule has 1 aromatic rings. The van der Waals surface area contributed by atoms with Crippen molar-refractivity contribution in [3.05, 3.63) is 34.9 Å². The number of hydrogen-bond acceptors (Lipinski definition) is 9. The second-order valence-electron chi connectivity index (χ2n) is 18.8. The molecule has 0 spiro atoms. The van der Waals surface area contributed by atoms with E-state index in [1.54, 1.807) is 0 Å². The highest BCUT2D eigenvalue weighted by Gasteiger charge is 2.39. The molecular formula is C39H63N3O6. The van der Waals surface area contributed by atoms with E-state index < -0.39 is 17.9 Å². The van der Waals surface area contributed by atoms with Gasteiger partial charge in [-0.25, -0.2) is 14.4 Å². The molecule has 9 heteroatoms. The third kappa shape index (κ3) is 11.0. The summed E-state index contributed by atoms with van der Waals surface area (Å²) in [5.41, 5.74) is -0.595. The number of benzene rings is 1. The van der Waals surface area contributed by atoms with Gasteiger partial charge in [0.05, 0.1) is 16.7 Å². The fraction of sp³-hybridized carbons (Fsp3) is 0.769. The standard InChI is InChI=1S/C39H63N3O6/c1-34(2)16-13-28(22-37(7,8)40-34)46-31(43)25-19-26(32(44)47-29-14-17-35(3,4)41-38(9,10)23-29)21-27(20-25)33(45)48-30-15-18-36(5,6)42-39(11,12)24-30/h19-21,28-30,40-42H,13-18,22-24H2,1-12H3. The van der Waals surface area contributed by atoms with Crippen molar-refractivity contribution in [3.8, 4) is 0 Å². The minimum Gasteiger partial charge on any atom is -0.459 e. The largest absolute Gasteiger partial charge is 0.459 e. The van der Waals surface area contributed by atoms with Crippen molar-refractivity contribution in [1.82, 2.24) is 16.0 Å². The zero-order chi connectivity index (χ0) is 35.9. The Labute approximate surface area is 289 Å². The van der Waals surface area contributed by atoms with Crippen LogP contribution in [0.5, 0.6) is 0 Å². The van der Waals surface area contributed by atoms with Gasteiger partial charge in [0, 0.05) is 52.5 Å². The summed E-state index contributed by atoms with van der Waals surface area (Å²) in [6.45, 7) is 25.6. The van der Waals surface area contributed by atoms with Crippen LogP contribution in [0, 0.1) is 0 Å². The van der Waals surface area contributed by atoms with Crippen LogP contribution >= 0.6 is 0 Å². The van der Waals surface area contributed by atoms with E-state index in [0.29, 0.717) is 38.5 Å². The van der Waals surface area contributed by atoms with Crippen LogP contribution in [0.1, 0.15) is 172 Å². The van der Waals surface area contributed by atoms with Gasteiger partial charge in [0.15, 0.2) is 0 Å². The molecule has 3 aliphatic rings. The summed E-state index contributed by atoms with van der Waals surface area (Å²) in [6, 6.07) is 4.49. The first kappa shape index (κ1) is 38.3. The molecule has 9 nitrogen and oxygen atoms in total. The maximum atomic E-state index is 13.8. The van der Waals surface area contributed by atoms with Crippen molar-refractivity contribution < 1.29 is 28.6 Å². The molecule has 48 heavy (non-hydrogen) atoms. The predicted octanol–water partition coefficient (Wildman–Crippen LogP) is 7.25. The molecule has 3 fully saturated rings. The molecule has 3 N–H and O–H groups in total. The summed E-state index contributed by atoms with van der Waals surface area (Å²) in [6.07, 6.45) is 5.60. The molecule has 0 radical (unpaired) electrons. The Morgan fingerprint density at radius 2 is 0.688 bits per heavy atom. The van der Waals surface area contributed by atoms with Crippen molar-refractivity contribution in [2.45, 2.75) is 192 Å². The van der Waals surface area contributed by atoms with Crippen LogP contribution in [0.25, 0.3) is 0 Å². The lowest BCUT2D eigenvalue weighted by molar-refractivity contribution is 0.0228. The summed E-state index contributed by atoms with van der Waals surface area (Å²) in [5, 5.41) is 11.0. The molecular weight excluding hydrogens is 606 g/mol. The number of esters is 3. The van der Waals surface area contributed by atoms with Crippen LogP contribution < -0.4 is 16.0 Å². The Hall–Kier alpha value is -2.49. The fourth-order valence-corrected chi connectivity index (χ4v) is 8.61. The maximum absolute atomic E-state index is 13.8. The van der Waals surface area contributed by atoms with Crippen LogP contribution in [-0.2, 0) is 14.2 Å². The molecule has 0 aromatic heterocycles. The molecule has 0 aliphatic carbocycles. The Kier molecular flexibility index (Phi) is 10.9. The quantitative estimate of drug-likeness (QED) is 0.213. The Morgan fingerprint density at radius 1 is 0.458 bits per heavy atom. The molecule has 0 amide bonds. The van der Waals surface area contributed by atoms with E-state index in [4.69, 9.17) is 14.2 Å². The summed E-state index contributed by atoms with van der Waals surface area (Å²) in [7, 11) is 0. The van der Waals surface area contributed by atoms with E-state index >= 15 is 0 Å². The molecule has 3 aliphatic heterocycles. The lowest BCUT2D eigenvalue weighted by Gasteiger charge is -2.34. The molecule has 4 rings (SSSR count). The Morgan fingerprint density at radius 3 is 0.917 bits per heavy atom. The van der Waals surface area contributed by atoms with Crippen LogP contribution in [0.15, 0.2) is 18.2 Å². The van der Waals surface area contributed by atoms with Gasteiger partial charge in [0.2, 0.25) is 0 Å². The topological polar surface area (TPSA) is 115 Å². The first-order valence-corrected chi connectivity index (χ1v) is 18.0. The number of carbonyl (C=O) groups excluding carboxylic acids is 3. The van der Waals surface area contributed by atoms with E-state index in [9.17, 15) is 14.4 Å². The van der Waals surface area contributed by atoms with E-state index in [-0.39, 0.29) is 68.2 Å². The Balaban J connectivity index is 1.61. The first-order valence-electron chi connectivity index (χ1n) is 18.0. The summed E-state index contributed by atoms with van der Waals surface area (Å²) in [5.74, 6) is -1.70. The zero-order valence-electron chi connectivity index (χ0n) is 31.8. The van der Waals surface area contributed by atoms with E-state index in [1.807, 2.05) is 0 Å². The minimum atomic E-state index is -0.567. The van der Waals surface area contributed by atoms with Gasteiger partial charge in [0.25, 0.3) is 0 Å². The molecule has 0 saturated carbocycles. The van der Waals surface area contributed by atoms with E-state index in [2.05, 4.69) is 99.0 Å². The van der Waals surface area contributed by atoms with Crippen molar-refractivity contribution in [2.24, 2.45) is 0 Å². The number of rotatable bonds is 6. The number of carbonyl (C=O) groups is 3. The highest BCUT2D eigenvalue weighted by atomic mass is 16.6. The van der Waals surface area contributed by atoms with Gasteiger partial charge in [-0.3, -0.25) is 0 Å². The third-order valence-corrected chi connectivity index (χ3v) is 9.98. The normalized spacial score (nSPS) is 28.9. The van der Waals surface area contributed by atoms with Crippen LogP contribution in [0.2, 0.25) is 0 Å². The molecule has 3 atom stereocenters. The van der Waals surface area contributed by atoms with Gasteiger partial charge in [-0.1, -0.05) is 0 Å². The predicted molar refractivity (Wildman–Crippen MR) is 189 cm³/mol. The smallest absolute Gasteiger partial charge is 0.338 e. The summed E-state index contributed by atoms with van der Waals surface area (Å²) in [4.78, 5) is 41.3. The SMILES string of the molecule is CC1(C)CCC(OC(=O)c2cc(C(=O)OC3CCC(C)(C)NC(C)(C)C3)cc(C(=O)OC3CCC(C)(C)NC(C)(C)C3)c2)CC(C)(C)N1. The van der Waals surface area contributed by atoms with E-state index in [1.165, 1.54) is 18.2 Å². The van der Waals surface area contributed by atoms with Crippen molar-refractivity contribution >= 4 is 17.9 Å². The van der Waals surface area contributed by atoms with E-state index in [0.717, 1.165) is 19.3 Å². The second kappa shape index (κ2) is 13.7. The van der Waals surface area contributed by atoms with Gasteiger partial charge in [-0.15, -0.1) is 0 Å². The second-order valence-corrected chi connectivity index (χ2v) is 18.8. The van der Waals surface area contributed by atoms with Crippen LogP contribution in [0.3, 0.4) is 0 Å². The lowest BCUT2D eigenvalue weighted by atomic mass is 9.96. The van der Waals surface area contributed by atoms with Crippen molar-refractivity contribution in [1.29, 1.82) is 0 Å². The lowest BCUT2D eigenvalue weighted by Crippen LogP contribution is -2.51. The van der Waals surface area contributed by atoms with Crippen LogP contribution in [-0.4, -0.2) is 69.5 Å². The molecule has 1 aromatic carbocycles. The first-order chi connectivity index (χ1) is 21.8. The molecule has 3 unspecified atom stereocenters. The Bertz CT molecular complexity index is 1190. The highest BCUT2D eigenvalue weighted by Crippen LogP contribution is 2.33. The monoisotopic (exact) mass is 669 g/mol. The van der Waals surface area contributed by atoms with Gasteiger partial charge in [-0.05, 0) is 140 Å². The fourth-order valence-electron chi connectivity index (χ4n) is 8.61. The summed E-state index contributed by atoms with van der Waals surface area (Å²) >= 11 is 0. The van der Waals surface area contributed by atoms with Crippen molar-refractivity contribution in [3.63, 3.8) is 0 Å². The molecule has 270 valence electrons. The van der Waals surface area contributed by atoms with Gasteiger partial charge in [0.1, 0.15) is 18.3 Å². The number of hydrogen-bond donors (Lipinski definition) is 3. The van der Waals surface area contributed by atoms with Gasteiger partial charge >= 0.3 is 17.9 Å². The maximum Gasteiger partial charge on any atom is 0.338 e.